The van der Waals surface area contributed by atoms with Gasteiger partial charge in [0.25, 0.3) is 23.6 Å². The van der Waals surface area contributed by atoms with Crippen LogP contribution >= 0.6 is 15.9 Å². The van der Waals surface area contributed by atoms with Gasteiger partial charge in [-0.05, 0) is 111 Å². The van der Waals surface area contributed by atoms with E-state index in [-0.39, 0.29) is 136 Å². The normalized spacial score (nSPS) is 13.1. The first-order chi connectivity index (χ1) is 47.6. The summed E-state index contributed by atoms with van der Waals surface area (Å²) < 4.78 is 199. The number of imide groups is 2. The summed E-state index contributed by atoms with van der Waals surface area (Å²) in [7, 11) is -20.9. The van der Waals surface area contributed by atoms with E-state index in [9.17, 15) is 113 Å². The van der Waals surface area contributed by atoms with Crippen LogP contribution in [-0.2, 0) is 47.7 Å². The van der Waals surface area contributed by atoms with Crippen molar-refractivity contribution in [2.24, 2.45) is 21.2 Å². The molecule has 4 heterocycles. The van der Waals surface area contributed by atoms with Crippen LogP contribution in [0.2, 0.25) is 0 Å². The molecule has 0 saturated heterocycles. The zero-order chi connectivity index (χ0) is 76.9. The first-order valence-electron chi connectivity index (χ1n) is 25.8. The second-order valence-corrected chi connectivity index (χ2v) is 24.0. The Balaban J connectivity index is 0.000000436. The third-order valence-corrected chi connectivity index (χ3v) is 16.4. The summed E-state index contributed by atoms with van der Waals surface area (Å²) in [6.07, 6.45) is 0. The van der Waals surface area contributed by atoms with E-state index in [1.807, 2.05) is 15.8 Å². The molecule has 0 saturated carbocycles. The van der Waals surface area contributed by atoms with Crippen LogP contribution in [0.3, 0.4) is 0 Å². The van der Waals surface area contributed by atoms with Gasteiger partial charge in [0, 0.05) is 57.8 Å². The summed E-state index contributed by atoms with van der Waals surface area (Å²) in [5.41, 5.74) is 22.2. The van der Waals surface area contributed by atoms with Gasteiger partial charge in [-0.2, -0.15) is 64.8 Å². The molecule has 8 aromatic rings. The molecule has 0 radical (unpaired) electrons. The molecule has 52 heteroatoms. The minimum Gasteiger partial charge on any atom is -0.870 e. The Morgan fingerprint density at radius 3 is 1.10 bits per heavy atom. The molecule has 0 bridgehead atoms. The number of hydrogen-bond acceptors (Lipinski definition) is 25. The number of alkyl halides is 10. The molecular weight excluding hydrogens is 1600 g/mol. The van der Waals surface area contributed by atoms with Crippen molar-refractivity contribution in [1.82, 2.24) is 10.1 Å². The van der Waals surface area contributed by atoms with Gasteiger partial charge in [0.05, 0.1) is 53.0 Å². The van der Waals surface area contributed by atoms with E-state index in [0.29, 0.717) is 54.7 Å². The minimum absolute atomic E-state index is 0. The van der Waals surface area contributed by atoms with Gasteiger partial charge in [0.1, 0.15) is 0 Å². The maximum atomic E-state index is 12.5. The number of amides is 4. The number of nitrogens with two attached hydrogens (primary N) is 1. The quantitative estimate of drug-likeness (QED) is 0.0121. The van der Waals surface area contributed by atoms with Crippen molar-refractivity contribution in [3.05, 3.63) is 218 Å². The standard InChI is InChI=1S/C13H5F3N4O5S.C12H5BrO3.C12H6N4O3.C12H5N3O3.C2F6O5S2.CH3F.K.N3.H3NO.Na.H2O/c14-13(15,16)26(23,24)25-20-11(21)8-3-1-2-6-4-7(18-19-17)5-9(10(6)8)12(20)22;13-7-4-6-2-1-3-8-10(6)9(5-7)12(15)16-11(8)14;13-15-14-7-4-6-2-1-3-8-10(6)9(5-7)12(18)16(19)11(8)17;13-15-14-7-4-6-2-1-3-8-10(6)9(5-7)12(17)18-11(8)16;3-1(4,5)14(9,10)13-15(11,12)2(6,7)8;1-2;;1-3-2;1-2;;/h1-5H;1-5H;1-5,19H;1-5H;;1H3;;;2H,1H2;;1H2/q;;;;;;+1;-1;;+1;/p-1/i;;;;;1D;;;;;. The summed E-state index contributed by atoms with van der Waals surface area (Å²) in [6, 6.07) is 31.0. The van der Waals surface area contributed by atoms with Crippen LogP contribution < -0.4 is 86.8 Å². The fraction of sp³-hybridized carbons (Fsp3) is 0.0769. The van der Waals surface area contributed by atoms with Crippen molar-refractivity contribution in [1.29, 1.82) is 0 Å². The number of hydroxylamine groups is 4. The largest absolute Gasteiger partial charge is 1.00 e. The Labute approximate surface area is 643 Å². The van der Waals surface area contributed by atoms with Crippen molar-refractivity contribution in [3.8, 4) is 0 Å². The molecule has 4 aliphatic rings. The predicted molar refractivity (Wildman–Crippen MR) is 324 cm³/mol. The maximum absolute atomic E-state index is 12.5. The van der Waals surface area contributed by atoms with E-state index in [1.165, 1.54) is 47.4 Å². The molecule has 0 aliphatic carbocycles. The summed E-state index contributed by atoms with van der Waals surface area (Å²) in [5.74, 6) is -3.46. The molecule has 0 unspecified atom stereocenters. The molecule has 0 aromatic heterocycles. The fourth-order valence-corrected chi connectivity index (χ4v) is 11.2. The van der Waals surface area contributed by atoms with Crippen molar-refractivity contribution in [2.75, 3.05) is 7.15 Å². The minimum atomic E-state index is -6.85. The van der Waals surface area contributed by atoms with Gasteiger partial charge in [-0.25, -0.2) is 25.1 Å². The number of rotatable bonds is 7. The monoisotopic (exact) mass is 1630 g/mol. The van der Waals surface area contributed by atoms with Crippen LogP contribution in [0.15, 0.2) is 141 Å². The van der Waals surface area contributed by atoms with Gasteiger partial charge in [0.15, 0.2) is 0 Å². The van der Waals surface area contributed by atoms with Gasteiger partial charge >= 0.3 is 152 Å². The Hall–Kier alpha value is -9.37. The molecule has 0 fully saturated rings. The maximum Gasteiger partial charge on any atom is 1.00 e. The van der Waals surface area contributed by atoms with Crippen molar-refractivity contribution >= 4 is 154 Å². The molecule has 12 rings (SSSR count). The van der Waals surface area contributed by atoms with Crippen LogP contribution in [0.5, 0.6) is 0 Å². The van der Waals surface area contributed by atoms with Gasteiger partial charge in [-0.1, -0.05) is 79.8 Å². The first kappa shape index (κ1) is 88.8. The van der Waals surface area contributed by atoms with Gasteiger partial charge in [-0.15, -0.1) is 18.0 Å². The average molecular weight is 1630 g/mol. The van der Waals surface area contributed by atoms with E-state index in [0.717, 1.165) is 15.9 Å². The molecule has 104 heavy (non-hydrogen) atoms. The van der Waals surface area contributed by atoms with E-state index in [1.54, 1.807) is 60.7 Å². The number of nitrogens with zero attached hydrogens (tertiary/aromatic N) is 14. The zero-order valence-corrected chi connectivity index (χ0v) is 59.8. The summed E-state index contributed by atoms with van der Waals surface area (Å²) in [6.45, 7) is 0. The van der Waals surface area contributed by atoms with Crippen molar-refractivity contribution < 1.29 is 223 Å². The molecule has 4 aliphatic heterocycles. The Bertz CT molecular complexity index is 5390. The number of ether oxygens (including phenoxy) is 2. The van der Waals surface area contributed by atoms with Crippen LogP contribution in [0, 0.1) is 0 Å². The molecule has 4 amide bonds. The van der Waals surface area contributed by atoms with E-state index in [4.69, 9.17) is 34.2 Å². The predicted octanol–water partition coefficient (Wildman–Crippen LogP) is 7.25. The van der Waals surface area contributed by atoms with Gasteiger partial charge in [-0.3, -0.25) is 33.7 Å². The molecule has 8 aromatic carbocycles. The second kappa shape index (κ2) is 36.9. The first-order valence-corrected chi connectivity index (χ1v) is 30.1. The Morgan fingerprint density at radius 1 is 0.481 bits per heavy atom. The number of azide groups is 3. The van der Waals surface area contributed by atoms with Crippen LogP contribution in [0.25, 0.3) is 90.4 Å². The Morgan fingerprint density at radius 2 is 0.750 bits per heavy atom. The fourth-order valence-electron chi connectivity index (χ4n) is 8.73. The number of esters is 4. The van der Waals surface area contributed by atoms with Crippen LogP contribution in [0.1, 0.15) is 84.2 Å². The summed E-state index contributed by atoms with van der Waals surface area (Å²) >= 11 is 3.32. The smallest absolute Gasteiger partial charge is 0.870 e. The zero-order valence-electron chi connectivity index (χ0n) is 51.7. The number of halogens is 11. The van der Waals surface area contributed by atoms with Gasteiger partial charge in [0.2, 0.25) is 0 Å². The molecule has 36 nitrogen and oxygen atoms in total. The van der Waals surface area contributed by atoms with Crippen molar-refractivity contribution in [3.63, 3.8) is 0 Å². The van der Waals surface area contributed by atoms with E-state index >= 15 is 0 Å². The summed E-state index contributed by atoms with van der Waals surface area (Å²) in [4.78, 5) is 104. The average Bonchev–Trinajstić information content (AvgIpc) is 0.754. The van der Waals surface area contributed by atoms with E-state index < -0.39 is 107 Å². The second-order valence-electron chi connectivity index (χ2n) is 18.2. The topological polar surface area (TPSA) is 584 Å². The third kappa shape index (κ3) is 19.9. The number of benzene rings is 8. The van der Waals surface area contributed by atoms with Crippen LogP contribution in [-0.4, -0.2) is 122 Å². The Kier molecular flexibility index (Phi) is 31.5. The molecule has 534 valence electrons. The SMILES string of the molecule is NO.O=C1OC(=O)c2cc(Br)cc3cccc1c23.O=S(=O)(OS(=O)(=O)C(F)(F)F)C(F)(F)F.[2H]CF.[K+].[N-]=[N+]=Nc1cc2c3c(cccc3c1)C(=O)N(O)C2=O.[N-]=[N+]=Nc1cc2c3c(cccc3c1)C(=O)N(OS(=O)(=O)C(F)(F)F)C2=O.[N-]=[N+]=Nc1cc2c3c(cccc3c1)C(=O)OC2=O.[N-]=[N+]=[N-].[Na+].[OH-]. The molecule has 5 N–H and O–H groups in total. The number of cyclic esters (lactones) is 4. The number of carbonyl (C=O) groups is 8. The van der Waals surface area contributed by atoms with Crippen LogP contribution in [0.4, 0.5) is 61.0 Å². The third-order valence-electron chi connectivity index (χ3n) is 12.4. The van der Waals surface area contributed by atoms with Crippen molar-refractivity contribution in [2.45, 2.75) is 16.5 Å². The molecular formula is C52H28BrF10KN15NaO21S3. The molecule has 0 atom stereocenters. The number of carbonyl (C=O) groups excluding carboxylic acids is 8. The number of hydrogen-bond donors (Lipinski definition) is 3. The summed E-state index contributed by atoms with van der Waals surface area (Å²) in [5, 5.41) is 29.9. The van der Waals surface area contributed by atoms with E-state index in [2.05, 4.69) is 65.7 Å². The van der Waals surface area contributed by atoms with Gasteiger partial charge < -0.3 is 31.2 Å². The molecule has 0 spiro atoms.